The van der Waals surface area contributed by atoms with E-state index in [1.54, 1.807) is 7.05 Å². The van der Waals surface area contributed by atoms with Crippen LogP contribution < -0.4 is 16.0 Å². The SMILES string of the molecule is CN=C(NCC(=O)NC1CCCCC1)NC(C)CCS(C)(=O)=O. The number of rotatable bonds is 7. The third-order valence-corrected chi connectivity index (χ3v) is 4.89. The molecule has 0 spiro atoms. The Bertz CT molecular complexity index is 499. The zero-order chi connectivity index (χ0) is 17.3. The Balaban J connectivity index is 2.28. The third-order valence-electron chi connectivity index (χ3n) is 3.92. The van der Waals surface area contributed by atoms with Gasteiger partial charge in [0, 0.05) is 25.4 Å². The highest BCUT2D eigenvalue weighted by atomic mass is 32.2. The van der Waals surface area contributed by atoms with Gasteiger partial charge in [0.25, 0.3) is 0 Å². The van der Waals surface area contributed by atoms with Crippen LogP contribution >= 0.6 is 0 Å². The molecule has 134 valence electrons. The van der Waals surface area contributed by atoms with Gasteiger partial charge < -0.3 is 16.0 Å². The largest absolute Gasteiger partial charge is 0.354 e. The summed E-state index contributed by atoms with van der Waals surface area (Å²) in [6.45, 7) is 2.05. The molecule has 0 bridgehead atoms. The molecule has 0 saturated heterocycles. The fourth-order valence-electron chi connectivity index (χ4n) is 2.58. The van der Waals surface area contributed by atoms with E-state index in [4.69, 9.17) is 0 Å². The van der Waals surface area contributed by atoms with Gasteiger partial charge in [0.05, 0.1) is 12.3 Å². The number of guanidine groups is 1. The molecule has 1 aliphatic rings. The highest BCUT2D eigenvalue weighted by molar-refractivity contribution is 7.90. The highest BCUT2D eigenvalue weighted by Crippen LogP contribution is 2.17. The zero-order valence-electron chi connectivity index (χ0n) is 14.4. The first kappa shape index (κ1) is 19.7. The van der Waals surface area contributed by atoms with Gasteiger partial charge in [-0.05, 0) is 26.2 Å². The van der Waals surface area contributed by atoms with Crippen LogP contribution in [-0.2, 0) is 14.6 Å². The van der Waals surface area contributed by atoms with Crippen molar-refractivity contribution < 1.29 is 13.2 Å². The summed E-state index contributed by atoms with van der Waals surface area (Å²) in [7, 11) is -1.35. The molecular formula is C15H30N4O3S. The minimum Gasteiger partial charge on any atom is -0.354 e. The summed E-state index contributed by atoms with van der Waals surface area (Å²) in [5.74, 6) is 0.591. The van der Waals surface area contributed by atoms with Gasteiger partial charge in [-0.15, -0.1) is 0 Å². The van der Waals surface area contributed by atoms with Gasteiger partial charge >= 0.3 is 0 Å². The zero-order valence-corrected chi connectivity index (χ0v) is 15.2. The molecular weight excluding hydrogens is 316 g/mol. The standard InChI is InChI=1S/C15H30N4O3S/c1-12(9-10-23(3,21)22)18-15(16-2)17-11-14(20)19-13-7-5-4-6-8-13/h12-13H,4-11H2,1-3H3,(H,19,20)(H2,16,17,18). The topological polar surface area (TPSA) is 99.7 Å². The van der Waals surface area contributed by atoms with E-state index in [-0.39, 0.29) is 24.2 Å². The quantitative estimate of drug-likeness (QED) is 0.458. The van der Waals surface area contributed by atoms with Crippen LogP contribution in [0, 0.1) is 0 Å². The summed E-state index contributed by atoms with van der Waals surface area (Å²) in [5.41, 5.74) is 0. The van der Waals surface area contributed by atoms with E-state index in [2.05, 4.69) is 20.9 Å². The Morgan fingerprint density at radius 1 is 1.26 bits per heavy atom. The van der Waals surface area contributed by atoms with Gasteiger partial charge in [0.1, 0.15) is 9.84 Å². The van der Waals surface area contributed by atoms with E-state index in [1.165, 1.54) is 25.5 Å². The van der Waals surface area contributed by atoms with E-state index < -0.39 is 9.84 Å². The van der Waals surface area contributed by atoms with Gasteiger partial charge in [-0.25, -0.2) is 8.42 Å². The van der Waals surface area contributed by atoms with Gasteiger partial charge in [-0.2, -0.15) is 0 Å². The van der Waals surface area contributed by atoms with Crippen molar-refractivity contribution in [2.45, 2.75) is 57.5 Å². The summed E-state index contributed by atoms with van der Waals surface area (Å²) >= 11 is 0. The fraction of sp³-hybridized carbons (Fsp3) is 0.867. The van der Waals surface area contributed by atoms with Crippen molar-refractivity contribution in [2.24, 2.45) is 4.99 Å². The number of sulfone groups is 1. The average molecular weight is 346 g/mol. The Morgan fingerprint density at radius 2 is 1.91 bits per heavy atom. The lowest BCUT2D eigenvalue weighted by molar-refractivity contribution is -0.120. The van der Waals surface area contributed by atoms with E-state index in [9.17, 15) is 13.2 Å². The van der Waals surface area contributed by atoms with Crippen LogP contribution in [0.2, 0.25) is 0 Å². The summed E-state index contributed by atoms with van der Waals surface area (Å²) in [6, 6.07) is 0.249. The van der Waals surface area contributed by atoms with Crippen molar-refractivity contribution in [1.29, 1.82) is 0 Å². The van der Waals surface area contributed by atoms with Crippen LogP contribution in [-0.4, -0.2) is 58.0 Å². The lowest BCUT2D eigenvalue weighted by Gasteiger charge is -2.23. The fourth-order valence-corrected chi connectivity index (χ4v) is 3.36. The first-order valence-corrected chi connectivity index (χ1v) is 10.3. The molecule has 0 aromatic rings. The lowest BCUT2D eigenvalue weighted by Crippen LogP contribution is -2.48. The van der Waals surface area contributed by atoms with Gasteiger partial charge in [0.2, 0.25) is 5.91 Å². The van der Waals surface area contributed by atoms with Crippen LogP contribution in [0.4, 0.5) is 0 Å². The normalized spacial score (nSPS) is 18.3. The van der Waals surface area contributed by atoms with Crippen molar-refractivity contribution in [2.75, 3.05) is 25.6 Å². The Hall–Kier alpha value is -1.31. The first-order valence-electron chi connectivity index (χ1n) is 8.24. The van der Waals surface area contributed by atoms with Crippen molar-refractivity contribution in [1.82, 2.24) is 16.0 Å². The number of aliphatic imine (C=N–C) groups is 1. The van der Waals surface area contributed by atoms with E-state index in [0.29, 0.717) is 18.4 Å². The van der Waals surface area contributed by atoms with Crippen molar-refractivity contribution in [3.63, 3.8) is 0 Å². The predicted molar refractivity (Wildman–Crippen MR) is 93.3 cm³/mol. The summed E-state index contributed by atoms with van der Waals surface area (Å²) in [4.78, 5) is 16.0. The smallest absolute Gasteiger partial charge is 0.239 e. The summed E-state index contributed by atoms with van der Waals surface area (Å²) < 4.78 is 22.3. The molecule has 1 saturated carbocycles. The monoisotopic (exact) mass is 346 g/mol. The summed E-state index contributed by atoms with van der Waals surface area (Å²) in [5, 5.41) is 9.09. The molecule has 1 aliphatic carbocycles. The van der Waals surface area contributed by atoms with Crippen LogP contribution in [0.15, 0.2) is 4.99 Å². The summed E-state index contributed by atoms with van der Waals surface area (Å²) in [6.07, 6.45) is 7.45. The number of nitrogens with one attached hydrogen (secondary N) is 3. The molecule has 23 heavy (non-hydrogen) atoms. The number of hydrogen-bond acceptors (Lipinski definition) is 4. The van der Waals surface area contributed by atoms with E-state index in [1.807, 2.05) is 6.92 Å². The molecule has 1 atom stereocenters. The number of carbonyl (C=O) groups is 1. The predicted octanol–water partition coefficient (Wildman–Crippen LogP) is 0.424. The van der Waals surface area contributed by atoms with Gasteiger partial charge in [0.15, 0.2) is 5.96 Å². The number of hydrogen-bond donors (Lipinski definition) is 3. The molecule has 0 aromatic heterocycles. The second kappa shape index (κ2) is 9.75. The average Bonchev–Trinajstić information content (AvgIpc) is 2.49. The van der Waals surface area contributed by atoms with E-state index in [0.717, 1.165) is 12.8 Å². The molecule has 1 unspecified atom stereocenters. The van der Waals surface area contributed by atoms with Crippen LogP contribution in [0.25, 0.3) is 0 Å². The third kappa shape index (κ3) is 9.43. The van der Waals surface area contributed by atoms with Crippen LogP contribution in [0.3, 0.4) is 0 Å². The molecule has 1 fully saturated rings. The van der Waals surface area contributed by atoms with Gasteiger partial charge in [-0.1, -0.05) is 19.3 Å². The second-order valence-corrected chi connectivity index (χ2v) is 8.55. The Morgan fingerprint density at radius 3 is 2.48 bits per heavy atom. The Kier molecular flexibility index (Phi) is 8.36. The molecule has 0 heterocycles. The molecule has 1 amide bonds. The first-order chi connectivity index (χ1) is 10.8. The number of amides is 1. The van der Waals surface area contributed by atoms with Crippen LogP contribution in [0.1, 0.15) is 45.4 Å². The maximum absolute atomic E-state index is 11.9. The number of nitrogens with zero attached hydrogens (tertiary/aromatic N) is 1. The maximum atomic E-state index is 11.9. The maximum Gasteiger partial charge on any atom is 0.239 e. The van der Waals surface area contributed by atoms with Crippen molar-refractivity contribution in [3.05, 3.63) is 0 Å². The molecule has 7 nitrogen and oxygen atoms in total. The number of carbonyl (C=O) groups excluding carboxylic acids is 1. The molecule has 1 rings (SSSR count). The van der Waals surface area contributed by atoms with Crippen molar-refractivity contribution >= 4 is 21.7 Å². The molecule has 0 aromatic carbocycles. The molecule has 0 radical (unpaired) electrons. The molecule has 0 aliphatic heterocycles. The Labute approximate surface area is 139 Å². The van der Waals surface area contributed by atoms with Gasteiger partial charge in [-0.3, -0.25) is 9.79 Å². The lowest BCUT2D eigenvalue weighted by atomic mass is 9.95. The van der Waals surface area contributed by atoms with Crippen molar-refractivity contribution in [3.8, 4) is 0 Å². The van der Waals surface area contributed by atoms with E-state index >= 15 is 0 Å². The van der Waals surface area contributed by atoms with Crippen LogP contribution in [0.5, 0.6) is 0 Å². The highest BCUT2D eigenvalue weighted by Gasteiger charge is 2.16. The minimum absolute atomic E-state index is 0.0383. The second-order valence-electron chi connectivity index (χ2n) is 6.29. The molecule has 3 N–H and O–H groups in total. The minimum atomic E-state index is -2.97. The molecule has 8 heteroatoms.